The van der Waals surface area contributed by atoms with Gasteiger partial charge in [0.05, 0.1) is 11.3 Å². The smallest absolute Gasteiger partial charge is 0.255 e. The number of anilines is 1. The first-order valence-corrected chi connectivity index (χ1v) is 5.81. The number of hydrogen-bond acceptors (Lipinski definition) is 5. The van der Waals surface area contributed by atoms with E-state index in [1.165, 1.54) is 6.20 Å². The number of pyridine rings is 2. The fourth-order valence-electron chi connectivity index (χ4n) is 1.58. The maximum Gasteiger partial charge on any atom is 0.255 e. The fourth-order valence-corrected chi connectivity index (χ4v) is 1.58. The van der Waals surface area contributed by atoms with Crippen LogP contribution < -0.4 is 16.6 Å². The van der Waals surface area contributed by atoms with E-state index >= 15 is 0 Å². The van der Waals surface area contributed by atoms with Crippen LogP contribution in [0.3, 0.4) is 0 Å². The van der Waals surface area contributed by atoms with Crippen LogP contribution in [0, 0.1) is 6.92 Å². The maximum absolute atomic E-state index is 12.0. The molecule has 0 unspecified atom stereocenters. The van der Waals surface area contributed by atoms with Crippen molar-refractivity contribution in [1.82, 2.24) is 15.3 Å². The summed E-state index contributed by atoms with van der Waals surface area (Å²) in [4.78, 5) is 20.1. The Hall–Kier alpha value is -2.47. The third-order valence-corrected chi connectivity index (χ3v) is 2.65. The number of aromatic nitrogens is 2. The summed E-state index contributed by atoms with van der Waals surface area (Å²) in [6, 6.07) is 5.47. The molecule has 0 aliphatic carbocycles. The van der Waals surface area contributed by atoms with Crippen molar-refractivity contribution in [2.45, 2.75) is 13.5 Å². The second-order valence-corrected chi connectivity index (χ2v) is 4.06. The van der Waals surface area contributed by atoms with Crippen molar-refractivity contribution in [2.24, 2.45) is 5.84 Å². The van der Waals surface area contributed by atoms with Crippen LogP contribution in [0.2, 0.25) is 0 Å². The zero-order chi connectivity index (χ0) is 13.7. The summed E-state index contributed by atoms with van der Waals surface area (Å²) in [6.07, 6.45) is 4.77. The highest BCUT2D eigenvalue weighted by molar-refractivity contribution is 5.99. The lowest BCUT2D eigenvalue weighted by molar-refractivity contribution is 0.0951. The molecule has 0 radical (unpaired) electrons. The van der Waals surface area contributed by atoms with Crippen molar-refractivity contribution in [3.05, 3.63) is 53.6 Å². The number of carbonyl (C=O) groups is 1. The zero-order valence-corrected chi connectivity index (χ0v) is 10.6. The van der Waals surface area contributed by atoms with Gasteiger partial charge in [0.2, 0.25) is 0 Å². The average Bonchev–Trinajstić information content (AvgIpc) is 2.46. The molecule has 0 saturated carbocycles. The molecule has 2 rings (SSSR count). The van der Waals surface area contributed by atoms with E-state index in [1.807, 2.05) is 19.1 Å². The van der Waals surface area contributed by atoms with Crippen molar-refractivity contribution in [3.63, 3.8) is 0 Å². The number of nitrogen functional groups attached to an aromatic ring is 1. The van der Waals surface area contributed by atoms with Crippen molar-refractivity contribution in [1.29, 1.82) is 0 Å². The Labute approximate surface area is 111 Å². The van der Waals surface area contributed by atoms with Gasteiger partial charge in [0.1, 0.15) is 0 Å². The van der Waals surface area contributed by atoms with E-state index in [4.69, 9.17) is 5.84 Å². The standard InChI is InChI=1S/C13H15N5O/c1-9-2-3-10(6-16-9)7-17-13(19)11-8-15-5-4-12(11)18-14/h2-6,8H,7,14H2,1H3,(H,15,18)(H,17,19). The lowest BCUT2D eigenvalue weighted by Gasteiger charge is -2.09. The zero-order valence-electron chi connectivity index (χ0n) is 10.6. The highest BCUT2D eigenvalue weighted by atomic mass is 16.1. The first-order valence-electron chi connectivity index (χ1n) is 5.81. The van der Waals surface area contributed by atoms with E-state index in [9.17, 15) is 4.79 Å². The van der Waals surface area contributed by atoms with Gasteiger partial charge < -0.3 is 10.7 Å². The van der Waals surface area contributed by atoms with E-state index in [0.29, 0.717) is 17.8 Å². The minimum Gasteiger partial charge on any atom is -0.348 e. The Morgan fingerprint density at radius 2 is 2.16 bits per heavy atom. The molecular weight excluding hydrogens is 242 g/mol. The predicted octanol–water partition coefficient (Wildman–Crippen LogP) is 1.00. The minimum atomic E-state index is -0.235. The van der Waals surface area contributed by atoms with E-state index in [0.717, 1.165) is 11.3 Å². The van der Waals surface area contributed by atoms with Crippen LogP contribution in [0.15, 0.2) is 36.8 Å². The van der Waals surface area contributed by atoms with E-state index < -0.39 is 0 Å². The maximum atomic E-state index is 12.0. The van der Waals surface area contributed by atoms with Gasteiger partial charge in [-0.3, -0.25) is 20.6 Å². The fraction of sp³-hybridized carbons (Fsp3) is 0.154. The van der Waals surface area contributed by atoms with Gasteiger partial charge in [-0.15, -0.1) is 0 Å². The van der Waals surface area contributed by atoms with Gasteiger partial charge in [-0.25, -0.2) is 0 Å². The molecule has 0 aliphatic heterocycles. The molecule has 6 nitrogen and oxygen atoms in total. The largest absolute Gasteiger partial charge is 0.348 e. The first-order chi connectivity index (χ1) is 9.20. The van der Waals surface area contributed by atoms with Gasteiger partial charge >= 0.3 is 0 Å². The number of rotatable bonds is 4. The van der Waals surface area contributed by atoms with Crippen LogP contribution in [-0.2, 0) is 6.54 Å². The average molecular weight is 257 g/mol. The molecule has 4 N–H and O–H groups in total. The predicted molar refractivity (Wildman–Crippen MR) is 72.2 cm³/mol. The third kappa shape index (κ3) is 3.26. The number of nitrogens with two attached hydrogens (primary N) is 1. The lowest BCUT2D eigenvalue weighted by Crippen LogP contribution is -2.25. The van der Waals surface area contributed by atoms with Crippen molar-refractivity contribution in [2.75, 3.05) is 5.43 Å². The summed E-state index contributed by atoms with van der Waals surface area (Å²) < 4.78 is 0. The molecule has 0 aliphatic rings. The molecule has 0 aromatic carbocycles. The molecule has 98 valence electrons. The molecule has 19 heavy (non-hydrogen) atoms. The van der Waals surface area contributed by atoms with Gasteiger partial charge in [0, 0.05) is 30.8 Å². The monoisotopic (exact) mass is 257 g/mol. The normalized spacial score (nSPS) is 10.0. The quantitative estimate of drug-likeness (QED) is 0.561. The summed E-state index contributed by atoms with van der Waals surface area (Å²) in [5, 5.41) is 2.79. The summed E-state index contributed by atoms with van der Waals surface area (Å²) in [5.74, 6) is 5.11. The second kappa shape index (κ2) is 5.92. The Kier molecular flexibility index (Phi) is 4.04. The highest BCUT2D eigenvalue weighted by Crippen LogP contribution is 2.11. The number of amides is 1. The van der Waals surface area contributed by atoms with Crippen molar-refractivity contribution < 1.29 is 4.79 Å². The molecule has 0 fully saturated rings. The van der Waals surface area contributed by atoms with Crippen LogP contribution in [0.25, 0.3) is 0 Å². The molecule has 2 aromatic heterocycles. The van der Waals surface area contributed by atoms with Gasteiger partial charge in [0.25, 0.3) is 5.91 Å². The minimum absolute atomic E-state index is 0.235. The Morgan fingerprint density at radius 3 is 2.84 bits per heavy atom. The van der Waals surface area contributed by atoms with Gasteiger partial charge in [-0.2, -0.15) is 0 Å². The summed E-state index contributed by atoms with van der Waals surface area (Å²) in [7, 11) is 0. The number of hydrogen-bond donors (Lipinski definition) is 3. The number of nitrogens with one attached hydrogen (secondary N) is 2. The molecule has 0 bridgehead atoms. The summed E-state index contributed by atoms with van der Waals surface area (Å²) in [5.41, 5.74) is 5.29. The number of nitrogens with zero attached hydrogens (tertiary/aromatic N) is 2. The molecular formula is C13H15N5O. The van der Waals surface area contributed by atoms with Gasteiger partial charge in [-0.05, 0) is 24.6 Å². The SMILES string of the molecule is Cc1ccc(CNC(=O)c2cnccc2NN)cn1. The number of carbonyl (C=O) groups excluding carboxylic acids is 1. The summed E-state index contributed by atoms with van der Waals surface area (Å²) in [6.45, 7) is 2.32. The molecule has 0 spiro atoms. The Bertz CT molecular complexity index is 568. The molecule has 2 heterocycles. The van der Waals surface area contributed by atoms with Gasteiger partial charge in [-0.1, -0.05) is 6.07 Å². The topological polar surface area (TPSA) is 92.9 Å². The van der Waals surface area contributed by atoms with Crippen LogP contribution in [0.4, 0.5) is 5.69 Å². The molecule has 2 aromatic rings. The van der Waals surface area contributed by atoms with Crippen LogP contribution in [0.5, 0.6) is 0 Å². The van der Waals surface area contributed by atoms with E-state index in [2.05, 4.69) is 20.7 Å². The number of aryl methyl sites for hydroxylation is 1. The number of hydrazine groups is 1. The van der Waals surface area contributed by atoms with E-state index in [1.54, 1.807) is 18.5 Å². The van der Waals surface area contributed by atoms with Crippen LogP contribution >= 0.6 is 0 Å². The molecule has 1 amide bonds. The van der Waals surface area contributed by atoms with Crippen molar-refractivity contribution in [3.8, 4) is 0 Å². The van der Waals surface area contributed by atoms with Crippen LogP contribution in [0.1, 0.15) is 21.6 Å². The molecule has 0 atom stereocenters. The van der Waals surface area contributed by atoms with Crippen molar-refractivity contribution >= 4 is 11.6 Å². The lowest BCUT2D eigenvalue weighted by atomic mass is 10.2. The van der Waals surface area contributed by atoms with Gasteiger partial charge in [0.15, 0.2) is 0 Å². The Morgan fingerprint density at radius 1 is 1.32 bits per heavy atom. The highest BCUT2D eigenvalue weighted by Gasteiger charge is 2.10. The van der Waals surface area contributed by atoms with Crippen LogP contribution in [-0.4, -0.2) is 15.9 Å². The molecule has 0 saturated heterocycles. The molecule has 6 heteroatoms. The summed E-state index contributed by atoms with van der Waals surface area (Å²) >= 11 is 0. The van der Waals surface area contributed by atoms with E-state index in [-0.39, 0.29) is 5.91 Å². The first kappa shape index (κ1) is 13.0. The third-order valence-electron chi connectivity index (χ3n) is 2.65. The second-order valence-electron chi connectivity index (χ2n) is 4.06. The Balaban J connectivity index is 2.03.